The lowest BCUT2D eigenvalue weighted by atomic mass is 9.90. The number of hydrogen-bond acceptors (Lipinski definition) is 4. The Morgan fingerprint density at radius 1 is 1.18 bits per heavy atom. The van der Waals surface area contributed by atoms with Crippen LogP contribution in [0.25, 0.3) is 10.9 Å². The van der Waals surface area contributed by atoms with E-state index in [2.05, 4.69) is 21.3 Å². The van der Waals surface area contributed by atoms with Crippen molar-refractivity contribution in [2.45, 2.75) is 71.1 Å². The Bertz CT molecular complexity index is 984. The minimum atomic E-state index is -1.83. The lowest BCUT2D eigenvalue weighted by molar-refractivity contribution is -0.154. The van der Waals surface area contributed by atoms with Gasteiger partial charge in [0.25, 0.3) is 0 Å². The third-order valence-electron chi connectivity index (χ3n) is 6.25. The van der Waals surface area contributed by atoms with Crippen LogP contribution in [-0.4, -0.2) is 51.3 Å². The van der Waals surface area contributed by atoms with Gasteiger partial charge in [-0.05, 0) is 36.8 Å². The van der Waals surface area contributed by atoms with Gasteiger partial charge in [-0.25, -0.2) is 4.79 Å². The predicted molar refractivity (Wildman–Crippen MR) is 126 cm³/mol. The van der Waals surface area contributed by atoms with E-state index in [-0.39, 0.29) is 24.7 Å². The first kappa shape index (κ1) is 24.8. The second-order valence-electron chi connectivity index (χ2n) is 9.35. The van der Waals surface area contributed by atoms with Gasteiger partial charge in [-0.2, -0.15) is 0 Å². The Hall–Kier alpha value is -2.87. The molecule has 1 aromatic carbocycles. The number of aryl methyl sites for hydroxylation is 1. The van der Waals surface area contributed by atoms with E-state index in [9.17, 15) is 24.6 Å². The summed E-state index contributed by atoms with van der Waals surface area (Å²) in [7, 11) is 0. The predicted octanol–water partition coefficient (Wildman–Crippen LogP) is 2.47. The lowest BCUT2D eigenvalue weighted by Crippen LogP contribution is -2.52. The van der Waals surface area contributed by atoms with Crippen molar-refractivity contribution in [1.82, 2.24) is 15.2 Å². The Kier molecular flexibility index (Phi) is 8.49. The summed E-state index contributed by atoms with van der Waals surface area (Å²) in [5, 5.41) is 26.1. The quantitative estimate of drug-likeness (QED) is 0.531. The number of aromatic nitrogens is 1. The summed E-state index contributed by atoms with van der Waals surface area (Å²) in [5.41, 5.74) is 2.04. The first-order chi connectivity index (χ1) is 15.8. The van der Waals surface area contributed by atoms with Crippen molar-refractivity contribution in [3.05, 3.63) is 36.0 Å². The van der Waals surface area contributed by atoms with Crippen LogP contribution in [0.4, 0.5) is 0 Å². The van der Waals surface area contributed by atoms with Crippen LogP contribution in [0.1, 0.15) is 51.5 Å². The number of amides is 2. The highest BCUT2D eigenvalue weighted by Crippen LogP contribution is 2.24. The molecule has 1 aliphatic rings. The van der Waals surface area contributed by atoms with Gasteiger partial charge >= 0.3 is 5.97 Å². The van der Waals surface area contributed by atoms with Gasteiger partial charge < -0.3 is 25.4 Å². The van der Waals surface area contributed by atoms with E-state index in [0.717, 1.165) is 48.7 Å². The van der Waals surface area contributed by atoms with E-state index in [1.165, 1.54) is 0 Å². The van der Waals surface area contributed by atoms with Crippen LogP contribution in [-0.2, 0) is 27.3 Å². The molecule has 3 atom stereocenters. The molecule has 0 fully saturated rings. The third kappa shape index (κ3) is 6.35. The SMILES string of the molecule is CC(C)C[C@@H](C(=O)N[C@H]1Cc2cn(c3ccccc23)CCCCCCNC1=O)C(O)C(=O)O. The molecule has 0 saturated heterocycles. The number of carboxylic acids is 1. The molecular formula is C25H35N3O5. The highest BCUT2D eigenvalue weighted by molar-refractivity contribution is 5.92. The molecular weight excluding hydrogens is 422 g/mol. The summed E-state index contributed by atoms with van der Waals surface area (Å²) in [6.07, 6.45) is 4.69. The maximum atomic E-state index is 13.1. The maximum Gasteiger partial charge on any atom is 0.333 e. The zero-order chi connectivity index (χ0) is 24.0. The highest BCUT2D eigenvalue weighted by atomic mass is 16.4. The van der Waals surface area contributed by atoms with Gasteiger partial charge in [0.15, 0.2) is 6.10 Å². The number of carbonyl (C=O) groups excluding carboxylic acids is 2. The van der Waals surface area contributed by atoms with Crippen LogP contribution < -0.4 is 10.6 Å². The summed E-state index contributed by atoms with van der Waals surface area (Å²) >= 11 is 0. The van der Waals surface area contributed by atoms with Crippen LogP contribution in [0.15, 0.2) is 30.5 Å². The number of nitrogens with zero attached hydrogens (tertiary/aromatic N) is 1. The zero-order valence-corrected chi connectivity index (χ0v) is 19.4. The van der Waals surface area contributed by atoms with Gasteiger partial charge in [0.05, 0.1) is 5.92 Å². The number of carbonyl (C=O) groups is 3. The van der Waals surface area contributed by atoms with Crippen LogP contribution in [0.5, 0.6) is 0 Å². The minimum Gasteiger partial charge on any atom is -0.479 e. The fourth-order valence-corrected chi connectivity index (χ4v) is 4.53. The molecule has 1 unspecified atom stereocenters. The summed E-state index contributed by atoms with van der Waals surface area (Å²) < 4.78 is 2.20. The first-order valence-electron chi connectivity index (χ1n) is 11.8. The summed E-state index contributed by atoms with van der Waals surface area (Å²) in [6, 6.07) is 7.14. The smallest absolute Gasteiger partial charge is 0.333 e. The summed E-state index contributed by atoms with van der Waals surface area (Å²) in [5.74, 6) is -3.50. The zero-order valence-electron chi connectivity index (χ0n) is 19.4. The molecule has 2 bridgehead atoms. The van der Waals surface area contributed by atoms with Gasteiger partial charge in [-0.3, -0.25) is 9.59 Å². The standard InChI is InChI=1S/C25H35N3O5/c1-16(2)13-19(22(29)25(32)33)23(30)27-20-14-17-15-28(21-10-6-5-9-18(17)21)12-8-4-3-7-11-26-24(20)31/h5-6,9-10,15-16,19-20,22,29H,3-4,7-8,11-14H2,1-2H3,(H,26,31)(H,27,30)(H,32,33)/t19-,20+,22?/m1/s1. The molecule has 0 aliphatic carbocycles. The van der Waals surface area contributed by atoms with Crippen molar-refractivity contribution >= 4 is 28.7 Å². The summed E-state index contributed by atoms with van der Waals surface area (Å²) in [4.78, 5) is 37.5. The van der Waals surface area contributed by atoms with Crippen molar-refractivity contribution in [2.24, 2.45) is 11.8 Å². The van der Waals surface area contributed by atoms with Gasteiger partial charge in [0, 0.05) is 36.6 Å². The average Bonchev–Trinajstić information content (AvgIpc) is 3.13. The van der Waals surface area contributed by atoms with Gasteiger partial charge in [0.2, 0.25) is 11.8 Å². The molecule has 8 heteroatoms. The number of aliphatic carboxylic acids is 1. The molecule has 8 nitrogen and oxygen atoms in total. The second kappa shape index (κ2) is 11.3. The van der Waals surface area contributed by atoms with Crippen LogP contribution in [0.2, 0.25) is 0 Å². The number of para-hydroxylation sites is 1. The number of rotatable bonds is 6. The Morgan fingerprint density at radius 3 is 2.64 bits per heavy atom. The molecule has 2 amide bonds. The molecule has 2 aromatic rings. The van der Waals surface area contributed by atoms with E-state index in [0.29, 0.717) is 6.54 Å². The molecule has 33 heavy (non-hydrogen) atoms. The normalized spacial score (nSPS) is 19.6. The fourth-order valence-electron chi connectivity index (χ4n) is 4.53. The van der Waals surface area contributed by atoms with Crippen molar-refractivity contribution in [1.29, 1.82) is 0 Å². The molecule has 0 spiro atoms. The Balaban J connectivity index is 1.91. The van der Waals surface area contributed by atoms with Gasteiger partial charge in [-0.1, -0.05) is 44.9 Å². The van der Waals surface area contributed by atoms with E-state index in [1.54, 1.807) is 0 Å². The van der Waals surface area contributed by atoms with Crippen molar-refractivity contribution in [2.75, 3.05) is 6.54 Å². The summed E-state index contributed by atoms with van der Waals surface area (Å²) in [6.45, 7) is 5.13. The number of fused-ring (bicyclic) bond motifs is 5. The second-order valence-corrected chi connectivity index (χ2v) is 9.35. The van der Waals surface area contributed by atoms with E-state index in [1.807, 2.05) is 38.2 Å². The van der Waals surface area contributed by atoms with Crippen molar-refractivity contribution in [3.8, 4) is 0 Å². The first-order valence-corrected chi connectivity index (χ1v) is 11.8. The largest absolute Gasteiger partial charge is 0.479 e. The molecule has 0 saturated carbocycles. The molecule has 180 valence electrons. The minimum absolute atomic E-state index is 0.00149. The molecule has 4 N–H and O–H groups in total. The topological polar surface area (TPSA) is 121 Å². The Morgan fingerprint density at radius 2 is 1.91 bits per heavy atom. The molecule has 0 radical (unpaired) electrons. The number of aliphatic hydroxyl groups is 1. The maximum absolute atomic E-state index is 13.1. The van der Waals surface area contributed by atoms with E-state index >= 15 is 0 Å². The number of benzene rings is 1. The molecule has 2 heterocycles. The molecule has 1 aromatic heterocycles. The van der Waals surface area contributed by atoms with Crippen LogP contribution >= 0.6 is 0 Å². The molecule has 1 aliphatic heterocycles. The number of carboxylic acid groups (broad SMARTS) is 1. The van der Waals surface area contributed by atoms with Crippen molar-refractivity contribution in [3.63, 3.8) is 0 Å². The number of nitrogens with one attached hydrogen (secondary N) is 2. The van der Waals surface area contributed by atoms with Crippen molar-refractivity contribution < 1.29 is 24.6 Å². The fraction of sp³-hybridized carbons (Fsp3) is 0.560. The van der Waals surface area contributed by atoms with Crippen LogP contribution in [0, 0.1) is 11.8 Å². The van der Waals surface area contributed by atoms with E-state index < -0.39 is 29.9 Å². The molecule has 3 rings (SSSR count). The average molecular weight is 458 g/mol. The number of hydrogen-bond donors (Lipinski definition) is 4. The number of aliphatic hydroxyl groups excluding tert-OH is 1. The van der Waals surface area contributed by atoms with Gasteiger partial charge in [-0.15, -0.1) is 0 Å². The van der Waals surface area contributed by atoms with Gasteiger partial charge in [0.1, 0.15) is 6.04 Å². The lowest BCUT2D eigenvalue weighted by Gasteiger charge is -2.25. The van der Waals surface area contributed by atoms with E-state index in [4.69, 9.17) is 0 Å². The highest BCUT2D eigenvalue weighted by Gasteiger charge is 2.35. The monoisotopic (exact) mass is 457 g/mol. The Labute approximate surface area is 194 Å². The third-order valence-corrected chi connectivity index (χ3v) is 6.25. The van der Waals surface area contributed by atoms with Crippen LogP contribution in [0.3, 0.4) is 0 Å².